The molecule has 1 aliphatic rings. The summed E-state index contributed by atoms with van der Waals surface area (Å²) >= 11 is 1.94. The lowest BCUT2D eigenvalue weighted by molar-refractivity contribution is -0.114. The highest BCUT2D eigenvalue weighted by molar-refractivity contribution is 14.2. The third-order valence-electron chi connectivity index (χ3n) is 3.75. The van der Waals surface area contributed by atoms with E-state index in [1.165, 1.54) is 5.56 Å². The van der Waals surface area contributed by atoms with Crippen LogP contribution in [0.2, 0.25) is 0 Å². The Morgan fingerprint density at radius 2 is 2.12 bits per heavy atom. The molecule has 0 aromatic heterocycles. The van der Waals surface area contributed by atoms with Crippen molar-refractivity contribution in [3.05, 3.63) is 39.0 Å². The van der Waals surface area contributed by atoms with Crippen LogP contribution in [0.5, 0.6) is 5.75 Å². The zero-order chi connectivity index (χ0) is 19.2. The minimum Gasteiger partial charge on any atom is -0.443 e. The molecular formula is C20H24I2N2O2. The highest BCUT2D eigenvalue weighted by Crippen LogP contribution is 2.23. The Kier molecular flexibility index (Phi) is 8.10. The van der Waals surface area contributed by atoms with Crippen LogP contribution >= 0.6 is 43.3 Å². The number of nitrogens with one attached hydrogen (secondary N) is 1. The number of hydrogen-bond donors (Lipinski definition) is 2. The standard InChI is InChI=1S/C20H24I2N2O2/c1-14-12-15(8-10-24-11-9-20(2,3)21)4-6-17(14)26-18-7-5-16(13-22-18)19(23)25/h4,6,12-13,24H,8-11H2,1-3H3,(H2,23,25). The number of ether oxygens (including phenoxy) is 1. The second kappa shape index (κ2) is 9.85. The Labute approximate surface area is 179 Å². The molecule has 1 amide bonds. The van der Waals surface area contributed by atoms with Crippen LogP contribution < -0.4 is 15.8 Å². The number of aryl methyl sites for hydroxylation is 1. The maximum absolute atomic E-state index is 11.1. The Hall–Kier alpha value is -0.920. The summed E-state index contributed by atoms with van der Waals surface area (Å²) in [7, 11) is 0. The molecule has 1 aromatic carbocycles. The van der Waals surface area contributed by atoms with Crippen LogP contribution in [0.1, 0.15) is 31.4 Å². The summed E-state index contributed by atoms with van der Waals surface area (Å²) in [4.78, 5) is 11.1. The second-order valence-corrected chi connectivity index (χ2v) is 11.8. The topological polar surface area (TPSA) is 64.3 Å². The molecule has 0 spiro atoms. The molecule has 0 radical (unpaired) electrons. The number of carbonyl (C=O) groups is 1. The van der Waals surface area contributed by atoms with Gasteiger partial charge in [0.05, 0.1) is 5.57 Å². The normalized spacial score (nSPS) is 13.7. The molecule has 0 saturated carbocycles. The fraction of sp³-hybridized carbons (Fsp3) is 0.400. The first-order valence-corrected chi connectivity index (χ1v) is 11.8. The number of hydrogen-bond acceptors (Lipinski definition) is 3. The van der Waals surface area contributed by atoms with E-state index in [0.29, 0.717) is 8.99 Å². The monoisotopic (exact) mass is 578 g/mol. The van der Waals surface area contributed by atoms with Gasteiger partial charge < -0.3 is 15.8 Å². The number of halogens is 2. The van der Waals surface area contributed by atoms with E-state index in [0.717, 1.165) is 40.9 Å². The Morgan fingerprint density at radius 1 is 1.35 bits per heavy atom. The van der Waals surface area contributed by atoms with Gasteiger partial charge >= 0.3 is 0 Å². The summed E-state index contributed by atoms with van der Waals surface area (Å²) in [5, 5.41) is 3.51. The first kappa shape index (κ1) is 21.4. The number of rotatable bonds is 9. The molecule has 26 heavy (non-hydrogen) atoms. The average molecular weight is 578 g/mol. The van der Waals surface area contributed by atoms with Gasteiger partial charge in [-0.25, -0.2) is 0 Å². The summed E-state index contributed by atoms with van der Waals surface area (Å²) in [5.41, 5.74) is 8.03. The summed E-state index contributed by atoms with van der Waals surface area (Å²) < 4.78 is 8.83. The van der Waals surface area contributed by atoms with E-state index in [4.69, 9.17) is 10.5 Å². The molecule has 140 valence electrons. The van der Waals surface area contributed by atoms with Gasteiger partial charge in [0.25, 0.3) is 5.91 Å². The van der Waals surface area contributed by atoms with E-state index < -0.39 is 26.6 Å². The zero-order valence-electron chi connectivity index (χ0n) is 15.3. The Bertz CT molecular complexity index is 796. The van der Waals surface area contributed by atoms with Crippen LogP contribution in [-0.4, -0.2) is 26.1 Å². The summed E-state index contributed by atoms with van der Waals surface area (Å²) in [6, 6.07) is 6.27. The largest absolute Gasteiger partial charge is 0.443 e. The van der Waals surface area contributed by atoms with Crippen LogP contribution in [-0.2, 0) is 11.2 Å². The van der Waals surface area contributed by atoms with E-state index in [1.807, 2.05) is 17.1 Å². The zero-order valence-corrected chi connectivity index (χ0v) is 19.6. The van der Waals surface area contributed by atoms with Gasteiger partial charge in [0, 0.05) is 3.42 Å². The van der Waals surface area contributed by atoms with Gasteiger partial charge in [-0.1, -0.05) is 54.5 Å². The van der Waals surface area contributed by atoms with Crippen LogP contribution in [0.15, 0.2) is 27.9 Å². The molecule has 1 aliphatic heterocycles. The maximum Gasteiger partial charge on any atom is 0.257 e. The molecule has 0 fully saturated rings. The van der Waals surface area contributed by atoms with Gasteiger partial charge in [-0.3, -0.25) is 4.79 Å². The first-order valence-electron chi connectivity index (χ1n) is 8.44. The van der Waals surface area contributed by atoms with Gasteiger partial charge in [-0.2, -0.15) is 0 Å². The molecule has 0 atom stereocenters. The quantitative estimate of drug-likeness (QED) is 0.204. The van der Waals surface area contributed by atoms with Crippen molar-refractivity contribution in [1.29, 1.82) is 0 Å². The third-order valence-corrected chi connectivity index (χ3v) is 6.28. The van der Waals surface area contributed by atoms with Gasteiger partial charge in [0.15, 0.2) is 0 Å². The summed E-state index contributed by atoms with van der Waals surface area (Å²) in [5.74, 6) is 6.04. The van der Waals surface area contributed by atoms with Crippen molar-refractivity contribution in [2.75, 3.05) is 13.1 Å². The molecular weight excluding hydrogens is 554 g/mol. The molecule has 0 saturated heterocycles. The fourth-order valence-electron chi connectivity index (χ4n) is 2.26. The summed E-state index contributed by atoms with van der Waals surface area (Å²) in [6.45, 7) is 8.56. The van der Waals surface area contributed by atoms with E-state index in [-0.39, 0.29) is 0 Å². The molecule has 1 heterocycles. The molecule has 2 rings (SSSR count). The lowest BCUT2D eigenvalue weighted by Gasteiger charge is -2.16. The van der Waals surface area contributed by atoms with Crippen LogP contribution in [0.25, 0.3) is 0 Å². The van der Waals surface area contributed by atoms with Crippen molar-refractivity contribution in [2.45, 2.75) is 37.0 Å². The van der Waals surface area contributed by atoms with Gasteiger partial charge in [-0.05, 0) is 80.8 Å². The van der Waals surface area contributed by atoms with Gasteiger partial charge in [-0.15, -0.1) is 0 Å². The second-order valence-electron chi connectivity index (χ2n) is 6.69. The SMILES string of the molecule is Cc1cc(CCNCCC(C)(C)I)ccc1OC1=IC=C(C(N)=O)C#C1. The molecule has 4 nitrogen and oxygen atoms in total. The third kappa shape index (κ3) is 7.37. The predicted molar refractivity (Wildman–Crippen MR) is 125 cm³/mol. The first-order chi connectivity index (χ1) is 12.2. The molecule has 6 heteroatoms. The smallest absolute Gasteiger partial charge is 0.257 e. The fourth-order valence-corrected chi connectivity index (χ4v) is 4.24. The highest BCUT2D eigenvalue weighted by Gasteiger charge is 2.11. The minimum atomic E-state index is -0.548. The lowest BCUT2D eigenvalue weighted by atomic mass is 10.1. The van der Waals surface area contributed by atoms with Crippen LogP contribution in [0, 0.1) is 18.8 Å². The average Bonchev–Trinajstić information content (AvgIpc) is 2.56. The minimum absolute atomic E-state index is 0.343. The molecule has 3 N–H and O–H groups in total. The van der Waals surface area contributed by atoms with E-state index in [9.17, 15) is 4.79 Å². The Balaban J connectivity index is 1.86. The number of amides is 1. The predicted octanol–water partition coefficient (Wildman–Crippen LogP) is 3.60. The number of carbonyl (C=O) groups excluding carboxylic acids is 1. The van der Waals surface area contributed by atoms with Gasteiger partial charge in [0.1, 0.15) is 5.75 Å². The van der Waals surface area contributed by atoms with Crippen molar-refractivity contribution >= 4 is 52.9 Å². The van der Waals surface area contributed by atoms with Crippen molar-refractivity contribution < 1.29 is 9.53 Å². The number of nitrogens with two attached hydrogens (primary N) is 1. The van der Waals surface area contributed by atoms with E-state index >= 15 is 0 Å². The van der Waals surface area contributed by atoms with Crippen molar-refractivity contribution in [3.8, 4) is 17.6 Å². The number of benzene rings is 1. The molecule has 0 unspecified atom stereocenters. The molecule has 0 aliphatic carbocycles. The molecule has 0 bridgehead atoms. The van der Waals surface area contributed by atoms with Gasteiger partial charge in [0.2, 0.25) is 3.69 Å². The van der Waals surface area contributed by atoms with Crippen LogP contribution in [0.4, 0.5) is 0 Å². The Morgan fingerprint density at radius 3 is 2.69 bits per heavy atom. The number of primary amides is 1. The van der Waals surface area contributed by atoms with Crippen molar-refractivity contribution in [2.24, 2.45) is 5.73 Å². The van der Waals surface area contributed by atoms with Crippen molar-refractivity contribution in [3.63, 3.8) is 0 Å². The van der Waals surface area contributed by atoms with E-state index in [2.05, 4.69) is 65.7 Å². The van der Waals surface area contributed by atoms with Crippen LogP contribution in [0.3, 0.4) is 0 Å². The lowest BCUT2D eigenvalue weighted by Crippen LogP contribution is -2.24. The highest BCUT2D eigenvalue weighted by atomic mass is 127. The summed E-state index contributed by atoms with van der Waals surface area (Å²) in [6.07, 6.45) is 2.16. The number of alkyl halides is 1. The maximum atomic E-state index is 11.1. The molecule has 1 aromatic rings. The van der Waals surface area contributed by atoms with E-state index in [1.54, 1.807) is 0 Å². The van der Waals surface area contributed by atoms with Crippen molar-refractivity contribution in [1.82, 2.24) is 5.32 Å².